The Hall–Kier alpha value is 0.290. The van der Waals surface area contributed by atoms with Crippen molar-refractivity contribution in [3.05, 3.63) is 0 Å². The minimum Gasteiger partial charge on any atom is -0.123 e. The molecule has 1 heteroatoms. The largest absolute Gasteiger partial charge is 0.123 e. The van der Waals surface area contributed by atoms with E-state index < -0.39 is 0 Å². The van der Waals surface area contributed by atoms with Gasteiger partial charge in [0.15, 0.2) is 0 Å². The van der Waals surface area contributed by atoms with Gasteiger partial charge in [-0.3, -0.25) is 0 Å². The maximum atomic E-state index is 6.10. The number of alkyl halides is 1. The molecule has 0 aromatic heterocycles. The van der Waals surface area contributed by atoms with E-state index in [4.69, 9.17) is 11.6 Å². The molecule has 0 bridgehead atoms. The summed E-state index contributed by atoms with van der Waals surface area (Å²) in [5.74, 6) is 2.56. The molecule has 0 nitrogen and oxygen atoms in total. The highest BCUT2D eigenvalue weighted by Gasteiger charge is 2.25. The van der Waals surface area contributed by atoms with Gasteiger partial charge >= 0.3 is 0 Å². The average Bonchev–Trinajstić information content (AvgIpc) is 2.04. The summed E-state index contributed by atoms with van der Waals surface area (Å²) in [5.41, 5.74) is 0. The van der Waals surface area contributed by atoms with Crippen LogP contribution in [0.25, 0.3) is 0 Å². The van der Waals surface area contributed by atoms with Gasteiger partial charge in [0.2, 0.25) is 0 Å². The molecule has 2 unspecified atom stereocenters. The molecule has 1 aliphatic rings. The van der Waals surface area contributed by atoms with Gasteiger partial charge in [-0.2, -0.15) is 0 Å². The molecule has 0 aromatic carbocycles. The second kappa shape index (κ2) is 4.50. The first-order valence-corrected chi connectivity index (χ1v) is 5.69. The van der Waals surface area contributed by atoms with Gasteiger partial charge in [-0.15, -0.1) is 11.6 Å². The van der Waals surface area contributed by atoms with E-state index in [1.807, 2.05) is 0 Å². The summed E-state index contributed by atoms with van der Waals surface area (Å²) in [5, 5.41) is 0.350. The van der Waals surface area contributed by atoms with Crippen LogP contribution in [0.15, 0.2) is 0 Å². The Balaban J connectivity index is 2.34. The van der Waals surface area contributed by atoms with Crippen LogP contribution in [0.3, 0.4) is 0 Å². The highest BCUT2D eigenvalue weighted by Crippen LogP contribution is 2.35. The number of hydrogen-bond donors (Lipinski definition) is 0. The molecule has 0 aliphatic heterocycles. The highest BCUT2D eigenvalue weighted by molar-refractivity contribution is 6.20. The monoisotopic (exact) mass is 188 g/mol. The van der Waals surface area contributed by atoms with Crippen molar-refractivity contribution in [2.45, 2.75) is 51.8 Å². The predicted molar refractivity (Wildman–Crippen MR) is 55.6 cm³/mol. The van der Waals surface area contributed by atoms with Crippen LogP contribution in [-0.2, 0) is 0 Å². The van der Waals surface area contributed by atoms with E-state index in [9.17, 15) is 0 Å². The first-order chi connectivity index (χ1) is 5.61. The highest BCUT2D eigenvalue weighted by atomic mass is 35.5. The van der Waals surface area contributed by atoms with Crippen LogP contribution in [0.1, 0.15) is 46.5 Å². The first-order valence-electron chi connectivity index (χ1n) is 5.25. The molecule has 0 saturated heterocycles. The average molecular weight is 189 g/mol. The molecule has 1 fully saturated rings. The van der Waals surface area contributed by atoms with Crippen molar-refractivity contribution in [1.29, 1.82) is 0 Å². The predicted octanol–water partition coefficient (Wildman–Crippen LogP) is 4.08. The fourth-order valence-corrected chi connectivity index (χ4v) is 2.39. The third-order valence-corrected chi connectivity index (χ3v) is 3.93. The summed E-state index contributed by atoms with van der Waals surface area (Å²) in [4.78, 5) is 0. The molecule has 0 radical (unpaired) electrons. The van der Waals surface area contributed by atoms with Crippen LogP contribution in [-0.4, -0.2) is 5.38 Å². The van der Waals surface area contributed by atoms with Crippen LogP contribution in [0, 0.1) is 17.8 Å². The molecule has 2 atom stereocenters. The van der Waals surface area contributed by atoms with E-state index in [2.05, 4.69) is 20.8 Å². The van der Waals surface area contributed by atoms with Crippen molar-refractivity contribution in [2.24, 2.45) is 17.8 Å². The molecule has 0 heterocycles. The van der Waals surface area contributed by atoms with E-state index in [-0.39, 0.29) is 0 Å². The zero-order valence-corrected chi connectivity index (χ0v) is 9.27. The van der Waals surface area contributed by atoms with Crippen molar-refractivity contribution < 1.29 is 0 Å². The van der Waals surface area contributed by atoms with Gasteiger partial charge in [-0.1, -0.05) is 26.7 Å². The van der Waals surface area contributed by atoms with Crippen molar-refractivity contribution >= 4 is 11.6 Å². The Morgan fingerprint density at radius 3 is 2.00 bits per heavy atom. The fraction of sp³-hybridized carbons (Fsp3) is 1.00. The lowest BCUT2D eigenvalue weighted by atomic mass is 9.76. The molecule has 1 rings (SSSR count). The summed E-state index contributed by atoms with van der Waals surface area (Å²) in [6.45, 7) is 6.80. The zero-order chi connectivity index (χ0) is 9.14. The zero-order valence-electron chi connectivity index (χ0n) is 8.52. The Bertz CT molecular complexity index is 123. The summed E-state index contributed by atoms with van der Waals surface area (Å²) in [7, 11) is 0. The summed E-state index contributed by atoms with van der Waals surface area (Å²) in [6.07, 6.45) is 5.63. The van der Waals surface area contributed by atoms with Gasteiger partial charge in [0.25, 0.3) is 0 Å². The molecular formula is C11H21Cl. The Morgan fingerprint density at radius 2 is 1.58 bits per heavy atom. The van der Waals surface area contributed by atoms with Gasteiger partial charge < -0.3 is 0 Å². The van der Waals surface area contributed by atoms with Crippen molar-refractivity contribution in [2.75, 3.05) is 0 Å². The molecule has 0 amide bonds. The fourth-order valence-electron chi connectivity index (χ4n) is 2.19. The van der Waals surface area contributed by atoms with Gasteiger partial charge in [0.1, 0.15) is 0 Å². The topological polar surface area (TPSA) is 0 Å². The van der Waals surface area contributed by atoms with Crippen molar-refractivity contribution in [1.82, 2.24) is 0 Å². The Kier molecular flexibility index (Phi) is 3.89. The molecule has 0 N–H and O–H groups in total. The third kappa shape index (κ3) is 2.65. The molecular weight excluding hydrogens is 168 g/mol. The quantitative estimate of drug-likeness (QED) is 0.573. The number of hydrogen-bond acceptors (Lipinski definition) is 0. The van der Waals surface area contributed by atoms with E-state index in [1.165, 1.54) is 25.7 Å². The van der Waals surface area contributed by atoms with E-state index in [1.54, 1.807) is 0 Å². The molecule has 72 valence electrons. The lowest BCUT2D eigenvalue weighted by Crippen LogP contribution is -2.23. The molecule has 0 spiro atoms. The van der Waals surface area contributed by atoms with Crippen LogP contribution in [0.4, 0.5) is 0 Å². The van der Waals surface area contributed by atoms with E-state index >= 15 is 0 Å². The minimum absolute atomic E-state index is 0.350. The molecule has 1 saturated carbocycles. The molecule has 0 aromatic rings. The number of rotatable bonds is 2. The van der Waals surface area contributed by atoms with Gasteiger partial charge in [0.05, 0.1) is 0 Å². The summed E-state index contributed by atoms with van der Waals surface area (Å²) < 4.78 is 0. The SMILES string of the molecule is CC1CCC(C(C)C(C)Cl)CC1. The molecule has 12 heavy (non-hydrogen) atoms. The number of halogens is 1. The molecule has 1 aliphatic carbocycles. The van der Waals surface area contributed by atoms with Gasteiger partial charge in [-0.25, -0.2) is 0 Å². The van der Waals surface area contributed by atoms with Gasteiger partial charge in [0, 0.05) is 5.38 Å². The van der Waals surface area contributed by atoms with Crippen molar-refractivity contribution in [3.8, 4) is 0 Å². The standard InChI is InChI=1S/C11H21Cl/c1-8-4-6-11(7-5-8)9(2)10(3)12/h8-11H,4-7H2,1-3H3. The lowest BCUT2D eigenvalue weighted by Gasteiger charge is -2.31. The van der Waals surface area contributed by atoms with E-state index in [0.717, 1.165) is 11.8 Å². The normalized spacial score (nSPS) is 36.0. The van der Waals surface area contributed by atoms with Crippen LogP contribution >= 0.6 is 11.6 Å². The van der Waals surface area contributed by atoms with Crippen LogP contribution in [0.2, 0.25) is 0 Å². The minimum atomic E-state index is 0.350. The first kappa shape index (κ1) is 10.4. The maximum absolute atomic E-state index is 6.10. The Morgan fingerprint density at radius 1 is 1.08 bits per heavy atom. The second-order valence-corrected chi connectivity index (χ2v) is 5.25. The smallest absolute Gasteiger partial charge is 0.0336 e. The second-order valence-electron chi connectivity index (χ2n) is 4.56. The van der Waals surface area contributed by atoms with Crippen molar-refractivity contribution in [3.63, 3.8) is 0 Å². The van der Waals surface area contributed by atoms with Gasteiger partial charge in [-0.05, 0) is 37.5 Å². The summed E-state index contributed by atoms with van der Waals surface area (Å²) >= 11 is 6.10. The lowest BCUT2D eigenvalue weighted by molar-refractivity contribution is 0.222. The maximum Gasteiger partial charge on any atom is 0.0336 e. The van der Waals surface area contributed by atoms with E-state index in [0.29, 0.717) is 11.3 Å². The van der Waals surface area contributed by atoms with Crippen LogP contribution in [0.5, 0.6) is 0 Å². The van der Waals surface area contributed by atoms with Crippen LogP contribution < -0.4 is 0 Å². The summed E-state index contributed by atoms with van der Waals surface area (Å²) in [6, 6.07) is 0. The Labute approximate surface area is 81.7 Å². The third-order valence-electron chi connectivity index (χ3n) is 3.53.